The molecule has 41 heavy (non-hydrogen) atoms. The second-order valence-electron chi connectivity index (χ2n) is 11.9. The maximum atomic E-state index is 16.5. The summed E-state index contributed by atoms with van der Waals surface area (Å²) < 4.78 is 51.9. The Morgan fingerprint density at radius 1 is 1.02 bits per heavy atom. The molecule has 4 fully saturated rings. The van der Waals surface area contributed by atoms with E-state index in [2.05, 4.69) is 25.1 Å². The lowest BCUT2D eigenvalue weighted by Gasteiger charge is -2.34. The zero-order valence-corrected chi connectivity index (χ0v) is 23.2. The van der Waals surface area contributed by atoms with Crippen LogP contribution in [0.3, 0.4) is 0 Å². The van der Waals surface area contributed by atoms with Crippen molar-refractivity contribution in [3.05, 3.63) is 35.9 Å². The van der Waals surface area contributed by atoms with Crippen LogP contribution in [0, 0.1) is 11.6 Å². The Morgan fingerprint density at radius 3 is 2.66 bits per heavy atom. The molecular formula is C29H30F3N7OS. The number of benzene rings is 2. The predicted octanol–water partition coefficient (Wildman–Crippen LogP) is 4.66. The number of hydrogen-bond donors (Lipinski definition) is 2. The molecule has 4 saturated heterocycles. The van der Waals surface area contributed by atoms with Gasteiger partial charge in [-0.25, -0.2) is 18.2 Å². The predicted molar refractivity (Wildman–Crippen MR) is 153 cm³/mol. The Balaban J connectivity index is 1.24. The van der Waals surface area contributed by atoms with E-state index in [4.69, 9.17) is 15.5 Å². The van der Waals surface area contributed by atoms with E-state index in [1.165, 1.54) is 12.1 Å². The number of nitrogens with zero attached hydrogens (tertiary/aromatic N) is 5. The molecule has 214 valence electrons. The van der Waals surface area contributed by atoms with Gasteiger partial charge in [-0.05, 0) is 50.4 Å². The number of alkyl halides is 1. The lowest BCUT2D eigenvalue weighted by molar-refractivity contribution is 0.107. The van der Waals surface area contributed by atoms with E-state index in [0.717, 1.165) is 56.7 Å². The zero-order valence-electron chi connectivity index (χ0n) is 22.4. The maximum absolute atomic E-state index is 16.5. The number of anilines is 2. The van der Waals surface area contributed by atoms with Crippen molar-refractivity contribution in [2.45, 2.75) is 55.9 Å². The number of nitrogens with one attached hydrogen (secondary N) is 1. The molecule has 6 heterocycles. The third-order valence-electron chi connectivity index (χ3n) is 9.32. The van der Waals surface area contributed by atoms with Gasteiger partial charge in [0.25, 0.3) is 0 Å². The fourth-order valence-electron chi connectivity index (χ4n) is 7.47. The van der Waals surface area contributed by atoms with Gasteiger partial charge in [0, 0.05) is 54.7 Å². The minimum absolute atomic E-state index is 0.0834. The van der Waals surface area contributed by atoms with E-state index in [0.29, 0.717) is 47.3 Å². The normalized spacial score (nSPS) is 27.8. The molecule has 0 spiro atoms. The van der Waals surface area contributed by atoms with Gasteiger partial charge in [-0.1, -0.05) is 17.4 Å². The monoisotopic (exact) mass is 581 g/mol. The average Bonchev–Trinajstić information content (AvgIpc) is 3.70. The van der Waals surface area contributed by atoms with E-state index in [-0.39, 0.29) is 39.1 Å². The van der Waals surface area contributed by atoms with Gasteiger partial charge in [-0.3, -0.25) is 4.90 Å². The third kappa shape index (κ3) is 4.13. The van der Waals surface area contributed by atoms with Crippen molar-refractivity contribution in [3.63, 3.8) is 0 Å². The maximum Gasteiger partial charge on any atom is 0.319 e. The summed E-state index contributed by atoms with van der Waals surface area (Å²) in [5.74, 6) is -0.374. The molecule has 8 rings (SSSR count). The molecule has 2 bridgehead atoms. The minimum Gasteiger partial charge on any atom is -0.461 e. The van der Waals surface area contributed by atoms with E-state index < -0.39 is 17.8 Å². The van der Waals surface area contributed by atoms with Crippen LogP contribution in [0.15, 0.2) is 24.3 Å². The largest absolute Gasteiger partial charge is 0.461 e. The van der Waals surface area contributed by atoms with Crippen LogP contribution in [0.5, 0.6) is 6.01 Å². The van der Waals surface area contributed by atoms with Gasteiger partial charge in [0.1, 0.15) is 29.9 Å². The van der Waals surface area contributed by atoms with Gasteiger partial charge in [0.05, 0.1) is 15.8 Å². The topological polar surface area (TPSA) is 92.4 Å². The summed E-state index contributed by atoms with van der Waals surface area (Å²) in [6.45, 7) is 3.03. The van der Waals surface area contributed by atoms with Crippen molar-refractivity contribution < 1.29 is 17.9 Å². The van der Waals surface area contributed by atoms with Crippen molar-refractivity contribution in [2.24, 2.45) is 0 Å². The van der Waals surface area contributed by atoms with Gasteiger partial charge in [-0.15, -0.1) is 0 Å². The first-order valence-electron chi connectivity index (χ1n) is 14.2. The standard InChI is InChI=1S/C29H30F3N7OS/c30-15-10-29(8-1-9-39(29)11-15)14-40-28-36-23-20(26(37-28)38-12-16-2-3-17(13-38)34-16)5-4-18(22(23)32)19-6-7-21(31)25-24(19)35-27(33)41-25/h4-7,15-17,34H,1-3,8-14H2,(H2,33,35)/t15-,16-,17+,29+/m1/s1. The summed E-state index contributed by atoms with van der Waals surface area (Å²) in [6.07, 6.45) is 3.57. The van der Waals surface area contributed by atoms with E-state index in [1.54, 1.807) is 6.07 Å². The molecule has 0 unspecified atom stereocenters. The SMILES string of the molecule is Nc1nc2c(-c3ccc4c(N5C[C@H]6CC[C@@H](C5)N6)nc(OC[C@@]56CCCN5C[C@H](F)C6)nc4c3F)ccc(F)c2s1. The molecule has 0 radical (unpaired) electrons. The second kappa shape index (κ2) is 9.40. The Labute approximate surface area is 238 Å². The van der Waals surface area contributed by atoms with Crippen LogP contribution >= 0.6 is 11.3 Å². The smallest absolute Gasteiger partial charge is 0.319 e. The van der Waals surface area contributed by atoms with Crippen LogP contribution < -0.4 is 20.7 Å². The number of rotatable bonds is 5. The summed E-state index contributed by atoms with van der Waals surface area (Å²) in [5, 5.41) is 4.43. The van der Waals surface area contributed by atoms with Crippen LogP contribution in [-0.2, 0) is 0 Å². The van der Waals surface area contributed by atoms with Crippen molar-refractivity contribution >= 4 is 43.4 Å². The van der Waals surface area contributed by atoms with Gasteiger partial charge in [0.15, 0.2) is 10.9 Å². The van der Waals surface area contributed by atoms with Gasteiger partial charge >= 0.3 is 6.01 Å². The Bertz CT molecular complexity index is 1670. The molecule has 12 heteroatoms. The number of nitrogens with two attached hydrogens (primary N) is 1. The van der Waals surface area contributed by atoms with Crippen molar-refractivity contribution in [1.29, 1.82) is 0 Å². The van der Waals surface area contributed by atoms with Crippen LogP contribution in [0.25, 0.3) is 32.2 Å². The van der Waals surface area contributed by atoms with Gasteiger partial charge < -0.3 is 20.7 Å². The molecule has 0 aliphatic carbocycles. The van der Waals surface area contributed by atoms with Gasteiger partial charge in [-0.2, -0.15) is 9.97 Å². The fourth-order valence-corrected chi connectivity index (χ4v) is 8.23. The summed E-state index contributed by atoms with van der Waals surface area (Å²) in [7, 11) is 0. The highest BCUT2D eigenvalue weighted by Crippen LogP contribution is 2.42. The second-order valence-corrected chi connectivity index (χ2v) is 12.9. The van der Waals surface area contributed by atoms with E-state index in [1.807, 2.05) is 6.07 Å². The molecule has 4 aromatic rings. The minimum atomic E-state index is -0.879. The highest BCUT2D eigenvalue weighted by molar-refractivity contribution is 7.22. The number of halogens is 3. The fraction of sp³-hybridized carbons (Fsp3) is 0.483. The van der Waals surface area contributed by atoms with Crippen LogP contribution in [-0.4, -0.2) is 76.4 Å². The highest BCUT2D eigenvalue weighted by Gasteiger charge is 2.49. The zero-order chi connectivity index (χ0) is 27.9. The third-order valence-corrected chi connectivity index (χ3v) is 10.2. The number of hydrogen-bond acceptors (Lipinski definition) is 9. The number of ether oxygens (including phenoxy) is 1. The van der Waals surface area contributed by atoms with Crippen molar-refractivity contribution in [2.75, 3.05) is 43.4 Å². The van der Waals surface area contributed by atoms with Crippen molar-refractivity contribution in [3.8, 4) is 17.1 Å². The van der Waals surface area contributed by atoms with Gasteiger partial charge in [0.2, 0.25) is 0 Å². The summed E-state index contributed by atoms with van der Waals surface area (Å²) in [4.78, 5) is 18.1. The van der Waals surface area contributed by atoms with Crippen LogP contribution in [0.1, 0.15) is 32.1 Å². The summed E-state index contributed by atoms with van der Waals surface area (Å²) >= 11 is 1.03. The number of aromatic nitrogens is 3. The molecule has 3 N–H and O–H groups in total. The number of thiazole rings is 1. The summed E-state index contributed by atoms with van der Waals surface area (Å²) in [5.41, 5.74) is 6.65. The number of piperazine rings is 1. The number of fused-ring (bicyclic) bond motifs is 5. The molecule has 0 amide bonds. The lowest BCUT2D eigenvalue weighted by atomic mass is 9.95. The van der Waals surface area contributed by atoms with Crippen LogP contribution in [0.2, 0.25) is 0 Å². The highest BCUT2D eigenvalue weighted by atomic mass is 32.1. The Morgan fingerprint density at radius 2 is 1.83 bits per heavy atom. The average molecular weight is 582 g/mol. The first-order chi connectivity index (χ1) is 19.9. The lowest BCUT2D eigenvalue weighted by Crippen LogP contribution is -2.51. The first-order valence-corrected chi connectivity index (χ1v) is 15.1. The molecular weight excluding hydrogens is 551 g/mol. The Hall–Kier alpha value is -3.22. The molecule has 0 saturated carbocycles. The molecule has 4 aliphatic heterocycles. The molecule has 2 aromatic carbocycles. The first kappa shape index (κ1) is 25.5. The molecule has 8 nitrogen and oxygen atoms in total. The molecule has 4 aliphatic rings. The molecule has 4 atom stereocenters. The van der Waals surface area contributed by atoms with Crippen molar-refractivity contribution in [1.82, 2.24) is 25.2 Å². The molecule has 2 aromatic heterocycles. The number of nitrogen functional groups attached to an aromatic ring is 1. The van der Waals surface area contributed by atoms with E-state index in [9.17, 15) is 8.78 Å². The van der Waals surface area contributed by atoms with Crippen LogP contribution in [0.4, 0.5) is 24.1 Å². The van der Waals surface area contributed by atoms with E-state index >= 15 is 4.39 Å². The quantitative estimate of drug-likeness (QED) is 0.352. The Kier molecular flexibility index (Phi) is 5.84. The summed E-state index contributed by atoms with van der Waals surface area (Å²) in [6, 6.07) is 7.11.